The minimum absolute atomic E-state index is 0.00862. The Bertz CT molecular complexity index is 292. The Morgan fingerprint density at radius 1 is 0.864 bits per heavy atom. The van der Waals surface area contributed by atoms with Gasteiger partial charge in [0, 0.05) is 19.4 Å². The van der Waals surface area contributed by atoms with Crippen molar-refractivity contribution in [1.29, 1.82) is 0 Å². The third kappa shape index (κ3) is 31.9. The molecule has 0 aromatic rings. The molecule has 22 heavy (non-hydrogen) atoms. The Labute approximate surface area is 134 Å². The van der Waals surface area contributed by atoms with Crippen LogP contribution in [0.5, 0.6) is 0 Å². The Balaban J connectivity index is 0. The lowest BCUT2D eigenvalue weighted by Gasteiger charge is -2.04. The second kappa shape index (κ2) is 15.6. The molecule has 0 aliphatic carbocycles. The lowest BCUT2D eigenvalue weighted by molar-refractivity contribution is -0.119. The molecule has 4 N–H and O–H groups in total. The number of aliphatic hydroxyl groups excluding tert-OH is 1. The van der Waals surface area contributed by atoms with Crippen LogP contribution in [0.4, 0.5) is 0 Å². The molecule has 0 fully saturated rings. The minimum atomic E-state index is -4.64. The first-order valence-electron chi connectivity index (χ1n) is 8.07. The predicted molar refractivity (Wildman–Crippen MR) is 87.4 cm³/mol. The van der Waals surface area contributed by atoms with Crippen molar-refractivity contribution in [1.82, 2.24) is 0 Å². The van der Waals surface area contributed by atoms with E-state index in [1.54, 1.807) is 0 Å². The van der Waals surface area contributed by atoms with Crippen LogP contribution in [0.25, 0.3) is 0 Å². The highest BCUT2D eigenvalue weighted by molar-refractivity contribution is 7.45. The van der Waals surface area contributed by atoms with E-state index in [0.717, 1.165) is 12.3 Å². The van der Waals surface area contributed by atoms with E-state index in [-0.39, 0.29) is 12.4 Å². The molecule has 0 aromatic heterocycles. The van der Waals surface area contributed by atoms with Crippen LogP contribution in [0.1, 0.15) is 78.1 Å². The smallest absolute Gasteiger partial charge is 0.396 e. The summed E-state index contributed by atoms with van der Waals surface area (Å²) in [5.41, 5.74) is 0. The molecule has 0 saturated heterocycles. The summed E-state index contributed by atoms with van der Waals surface area (Å²) < 4.78 is 8.88. The molecule has 7 heteroatoms. The van der Waals surface area contributed by atoms with Gasteiger partial charge in [0.1, 0.15) is 5.78 Å². The summed E-state index contributed by atoms with van der Waals surface area (Å²) in [5.74, 6) is 1.05. The van der Waals surface area contributed by atoms with Crippen molar-refractivity contribution < 1.29 is 29.1 Å². The van der Waals surface area contributed by atoms with Crippen LogP contribution < -0.4 is 0 Å². The summed E-state index contributed by atoms with van der Waals surface area (Å²) in [6, 6.07) is 0. The third-order valence-electron chi connectivity index (χ3n) is 3.13. The van der Waals surface area contributed by atoms with Gasteiger partial charge in [-0.25, -0.2) is 4.57 Å². The molecule has 134 valence electrons. The quantitative estimate of drug-likeness (QED) is 0.320. The summed E-state index contributed by atoms with van der Waals surface area (Å²) in [6.07, 6.45) is 11.2. The van der Waals surface area contributed by atoms with Gasteiger partial charge in [-0.2, -0.15) is 0 Å². The van der Waals surface area contributed by atoms with Crippen molar-refractivity contribution in [2.24, 2.45) is 5.92 Å². The topological polar surface area (TPSA) is 115 Å². The van der Waals surface area contributed by atoms with Gasteiger partial charge in [-0.15, -0.1) is 0 Å². The summed E-state index contributed by atoms with van der Waals surface area (Å²) in [7, 11) is -4.64. The SMILES string of the molecule is CC(C)CCCCCCCCCC(=O)CCO.O=P(O)(O)O. The number of carbonyl (C=O) groups is 1. The maximum Gasteiger partial charge on any atom is 0.466 e. The number of hydrogen-bond donors (Lipinski definition) is 4. The molecular formula is C15H33O6P. The second-order valence-electron chi connectivity index (χ2n) is 5.93. The van der Waals surface area contributed by atoms with E-state index in [2.05, 4.69) is 13.8 Å². The summed E-state index contributed by atoms with van der Waals surface area (Å²) in [4.78, 5) is 32.7. The molecule has 0 spiro atoms. The van der Waals surface area contributed by atoms with Gasteiger partial charge in [0.15, 0.2) is 0 Å². The van der Waals surface area contributed by atoms with Crippen molar-refractivity contribution in [3.05, 3.63) is 0 Å². The lowest BCUT2D eigenvalue weighted by Crippen LogP contribution is -2.00. The Hall–Kier alpha value is -0.260. The fraction of sp³-hybridized carbons (Fsp3) is 0.933. The molecule has 0 aliphatic rings. The van der Waals surface area contributed by atoms with Crippen LogP contribution in [0.3, 0.4) is 0 Å². The maximum atomic E-state index is 11.1. The number of unbranched alkanes of at least 4 members (excludes halogenated alkanes) is 6. The lowest BCUT2D eigenvalue weighted by atomic mass is 10.0. The fourth-order valence-electron chi connectivity index (χ4n) is 2.01. The molecular weight excluding hydrogens is 307 g/mol. The van der Waals surface area contributed by atoms with E-state index in [0.29, 0.717) is 12.8 Å². The molecule has 0 aromatic carbocycles. The monoisotopic (exact) mass is 340 g/mol. The average molecular weight is 340 g/mol. The number of ketones is 1. The number of Topliss-reactive ketones (excluding diaryl/α,β-unsaturated/α-hetero) is 1. The van der Waals surface area contributed by atoms with Gasteiger partial charge in [0.25, 0.3) is 0 Å². The Morgan fingerprint density at radius 3 is 1.68 bits per heavy atom. The van der Waals surface area contributed by atoms with E-state index in [1.165, 1.54) is 44.9 Å². The zero-order valence-electron chi connectivity index (χ0n) is 13.9. The molecule has 0 heterocycles. The second-order valence-corrected chi connectivity index (χ2v) is 6.96. The molecule has 0 saturated carbocycles. The number of phosphoric acid groups is 1. The van der Waals surface area contributed by atoms with Crippen molar-refractivity contribution >= 4 is 13.6 Å². The number of aliphatic hydroxyl groups is 1. The van der Waals surface area contributed by atoms with Crippen LogP contribution in [-0.4, -0.2) is 32.2 Å². The van der Waals surface area contributed by atoms with E-state index in [4.69, 9.17) is 24.4 Å². The van der Waals surface area contributed by atoms with E-state index in [1.807, 2.05) is 0 Å². The van der Waals surface area contributed by atoms with Gasteiger partial charge in [-0.05, 0) is 12.3 Å². The highest BCUT2D eigenvalue weighted by Gasteiger charge is 2.01. The van der Waals surface area contributed by atoms with Crippen molar-refractivity contribution in [2.45, 2.75) is 78.1 Å². The average Bonchev–Trinajstić information content (AvgIpc) is 2.34. The minimum Gasteiger partial charge on any atom is -0.396 e. The van der Waals surface area contributed by atoms with Crippen LogP contribution >= 0.6 is 7.82 Å². The van der Waals surface area contributed by atoms with Crippen LogP contribution in [0, 0.1) is 5.92 Å². The number of hydrogen-bond acceptors (Lipinski definition) is 3. The number of carbonyl (C=O) groups excluding carboxylic acids is 1. The normalized spacial score (nSPS) is 11.2. The van der Waals surface area contributed by atoms with Gasteiger partial charge in [-0.3, -0.25) is 4.79 Å². The van der Waals surface area contributed by atoms with Crippen LogP contribution in [0.2, 0.25) is 0 Å². The van der Waals surface area contributed by atoms with Gasteiger partial charge in [0.05, 0.1) is 0 Å². The zero-order valence-corrected chi connectivity index (χ0v) is 14.8. The van der Waals surface area contributed by atoms with E-state index < -0.39 is 7.82 Å². The molecule has 0 atom stereocenters. The molecule has 0 aliphatic heterocycles. The Kier molecular flexibility index (Phi) is 17.0. The van der Waals surface area contributed by atoms with Gasteiger partial charge in [0.2, 0.25) is 0 Å². The van der Waals surface area contributed by atoms with Gasteiger partial charge in [-0.1, -0.05) is 58.8 Å². The maximum absolute atomic E-state index is 11.1. The molecule has 0 unspecified atom stereocenters. The van der Waals surface area contributed by atoms with Crippen molar-refractivity contribution in [2.75, 3.05) is 6.61 Å². The predicted octanol–water partition coefficient (Wildman–Crippen LogP) is 3.18. The van der Waals surface area contributed by atoms with E-state index >= 15 is 0 Å². The van der Waals surface area contributed by atoms with Crippen molar-refractivity contribution in [3.63, 3.8) is 0 Å². The van der Waals surface area contributed by atoms with E-state index in [9.17, 15) is 4.79 Å². The zero-order chi connectivity index (χ0) is 17.4. The first-order valence-corrected chi connectivity index (χ1v) is 9.64. The standard InChI is InChI=1S/C15H30O2.H3O4P/c1-14(2)10-8-6-4-3-5-7-9-11-15(17)12-13-16;1-5(2,3)4/h14,16H,3-13H2,1-2H3;(H3,1,2,3,4). The van der Waals surface area contributed by atoms with Crippen LogP contribution in [-0.2, 0) is 9.36 Å². The molecule has 6 nitrogen and oxygen atoms in total. The molecule has 0 bridgehead atoms. The molecule has 0 amide bonds. The summed E-state index contributed by atoms with van der Waals surface area (Å²) >= 11 is 0. The van der Waals surface area contributed by atoms with Gasteiger partial charge >= 0.3 is 7.82 Å². The number of rotatable bonds is 12. The highest BCUT2D eigenvalue weighted by Crippen LogP contribution is 2.25. The highest BCUT2D eigenvalue weighted by atomic mass is 31.2. The van der Waals surface area contributed by atoms with Crippen LogP contribution in [0.15, 0.2) is 0 Å². The molecule has 0 radical (unpaired) electrons. The van der Waals surface area contributed by atoms with Gasteiger partial charge < -0.3 is 19.8 Å². The van der Waals surface area contributed by atoms with Crippen molar-refractivity contribution in [3.8, 4) is 0 Å². The fourth-order valence-corrected chi connectivity index (χ4v) is 2.01. The summed E-state index contributed by atoms with van der Waals surface area (Å²) in [6.45, 7) is 4.57. The Morgan fingerprint density at radius 2 is 1.27 bits per heavy atom. The first kappa shape index (κ1) is 24.0. The molecule has 0 rings (SSSR count). The largest absolute Gasteiger partial charge is 0.466 e. The third-order valence-corrected chi connectivity index (χ3v) is 3.13. The first-order chi connectivity index (χ1) is 10.2. The summed E-state index contributed by atoms with van der Waals surface area (Å²) in [5, 5.41) is 8.58.